The van der Waals surface area contributed by atoms with Crippen LogP contribution in [0.25, 0.3) is 11.1 Å². The van der Waals surface area contributed by atoms with Crippen molar-refractivity contribution in [1.82, 2.24) is 0 Å². The molecule has 3 aromatic rings. The molecule has 0 radical (unpaired) electrons. The molecule has 0 aromatic heterocycles. The van der Waals surface area contributed by atoms with Crippen molar-refractivity contribution < 1.29 is 19.4 Å². The summed E-state index contributed by atoms with van der Waals surface area (Å²) in [5.41, 5.74) is 8.78. The van der Waals surface area contributed by atoms with E-state index in [1.54, 1.807) is 60.7 Å². The van der Waals surface area contributed by atoms with E-state index in [9.17, 15) is 40.3 Å². The third-order valence-electron chi connectivity index (χ3n) is 8.52. The monoisotopic (exact) mass is 588 g/mol. The number of nitro groups is 2. The number of hydrogen-bond acceptors (Lipinski definition) is 8. The lowest BCUT2D eigenvalue weighted by Gasteiger charge is -2.28. The van der Waals surface area contributed by atoms with Gasteiger partial charge in [0.25, 0.3) is 0 Å². The molecular weight excluding hydrogens is 564 g/mol. The zero-order valence-corrected chi connectivity index (χ0v) is 22.9. The SMILES string of the molecule is N#CC1(C(N)=O)C=C(c2ccccc2)C([N+](=O)[O-])C1c1ccc([C@H]2[C@H]([N+](=O)[O-])C(c3ccccc3)=C[C@]2(C#N)C(N)=O)cc1. The number of nitrogens with two attached hydrogens (primary N) is 2. The maximum atomic E-state index is 12.8. The van der Waals surface area contributed by atoms with Gasteiger partial charge in [-0.05, 0) is 34.4 Å². The van der Waals surface area contributed by atoms with Crippen LogP contribution in [0.2, 0.25) is 0 Å². The van der Waals surface area contributed by atoms with Crippen LogP contribution in [0.5, 0.6) is 0 Å². The summed E-state index contributed by atoms with van der Waals surface area (Å²) in [6.45, 7) is 0. The van der Waals surface area contributed by atoms with Gasteiger partial charge < -0.3 is 11.5 Å². The van der Waals surface area contributed by atoms with Gasteiger partial charge in [-0.1, -0.05) is 84.9 Å². The topological polar surface area (TPSA) is 220 Å². The fraction of sp³-hybridized carbons (Fsp3) is 0.188. The molecule has 2 aliphatic rings. The first-order valence-corrected chi connectivity index (χ1v) is 13.4. The molecule has 0 saturated heterocycles. The van der Waals surface area contributed by atoms with Gasteiger partial charge in [0, 0.05) is 21.0 Å². The summed E-state index contributed by atoms with van der Waals surface area (Å²) in [6.07, 6.45) is 2.47. The lowest BCUT2D eigenvalue weighted by molar-refractivity contribution is -0.510. The molecular formula is C32H24N6O6. The largest absolute Gasteiger partial charge is 0.368 e. The minimum atomic E-state index is -2.09. The van der Waals surface area contributed by atoms with Crippen molar-refractivity contribution in [2.75, 3.05) is 0 Å². The summed E-state index contributed by atoms with van der Waals surface area (Å²) in [4.78, 5) is 49.4. The van der Waals surface area contributed by atoms with Crippen LogP contribution in [-0.2, 0) is 9.59 Å². The second-order valence-electron chi connectivity index (χ2n) is 10.7. The van der Waals surface area contributed by atoms with E-state index < -0.39 is 56.4 Å². The van der Waals surface area contributed by atoms with Crippen LogP contribution in [0.15, 0.2) is 97.1 Å². The number of nitriles is 2. The van der Waals surface area contributed by atoms with E-state index in [1.165, 1.54) is 36.4 Å². The summed E-state index contributed by atoms with van der Waals surface area (Å²) in [6, 6.07) is 22.9. The Hall–Kier alpha value is -6.14. The van der Waals surface area contributed by atoms with E-state index in [-0.39, 0.29) is 22.3 Å². The van der Waals surface area contributed by atoms with Gasteiger partial charge in [-0.3, -0.25) is 29.8 Å². The van der Waals surface area contributed by atoms with Crippen molar-refractivity contribution in [3.8, 4) is 12.1 Å². The molecule has 0 fully saturated rings. The van der Waals surface area contributed by atoms with Gasteiger partial charge in [-0.2, -0.15) is 10.5 Å². The smallest absolute Gasteiger partial charge is 0.247 e. The Kier molecular flexibility index (Phi) is 7.29. The Morgan fingerprint density at radius 1 is 0.636 bits per heavy atom. The zero-order valence-electron chi connectivity index (χ0n) is 22.9. The predicted octanol–water partition coefficient (Wildman–Crippen LogP) is 3.33. The van der Waals surface area contributed by atoms with Crippen LogP contribution in [0, 0.1) is 53.7 Å². The summed E-state index contributed by atoms with van der Waals surface area (Å²) in [5.74, 6) is -4.86. The molecule has 0 spiro atoms. The number of benzene rings is 3. The van der Waals surface area contributed by atoms with Gasteiger partial charge in [0.1, 0.15) is 0 Å². The molecule has 0 aliphatic heterocycles. The molecule has 12 nitrogen and oxygen atoms in total. The van der Waals surface area contributed by atoms with Crippen molar-refractivity contribution >= 4 is 23.0 Å². The first-order chi connectivity index (χ1) is 21.0. The molecule has 4 N–H and O–H groups in total. The summed E-state index contributed by atoms with van der Waals surface area (Å²) >= 11 is 0. The molecule has 0 heterocycles. The fourth-order valence-corrected chi connectivity index (χ4v) is 6.50. The van der Waals surface area contributed by atoms with Crippen LogP contribution in [0.1, 0.15) is 34.1 Å². The van der Waals surface area contributed by atoms with Gasteiger partial charge in [0.2, 0.25) is 23.9 Å². The second-order valence-corrected chi connectivity index (χ2v) is 10.7. The highest BCUT2D eigenvalue weighted by atomic mass is 16.6. The average molecular weight is 589 g/mol. The summed E-state index contributed by atoms with van der Waals surface area (Å²) in [5, 5.41) is 45.4. The first kappa shape index (κ1) is 29.4. The number of nitrogens with zero attached hydrogens (tertiary/aromatic N) is 4. The molecule has 12 heteroatoms. The normalized spacial score (nSPS) is 27.3. The molecule has 218 valence electrons. The van der Waals surface area contributed by atoms with Gasteiger partial charge in [0.15, 0.2) is 10.8 Å². The van der Waals surface area contributed by atoms with Crippen molar-refractivity contribution in [3.05, 3.63) is 140 Å². The third kappa shape index (κ3) is 4.37. The Morgan fingerprint density at radius 3 is 1.20 bits per heavy atom. The van der Waals surface area contributed by atoms with E-state index in [0.29, 0.717) is 11.1 Å². The Balaban J connectivity index is 1.65. The number of primary amides is 2. The lowest BCUT2D eigenvalue weighted by atomic mass is 9.71. The molecule has 44 heavy (non-hydrogen) atoms. The minimum absolute atomic E-state index is 0.142. The second kappa shape index (κ2) is 10.9. The molecule has 0 bridgehead atoms. The summed E-state index contributed by atoms with van der Waals surface area (Å²) in [7, 11) is 0. The highest BCUT2D eigenvalue weighted by molar-refractivity contribution is 5.95. The predicted molar refractivity (Wildman–Crippen MR) is 157 cm³/mol. The Bertz CT molecular complexity index is 1690. The van der Waals surface area contributed by atoms with Crippen molar-refractivity contribution in [2.45, 2.75) is 23.9 Å². The number of amides is 2. The van der Waals surface area contributed by atoms with Crippen LogP contribution < -0.4 is 11.5 Å². The van der Waals surface area contributed by atoms with E-state index in [0.717, 1.165) is 0 Å². The molecule has 6 atom stereocenters. The third-order valence-corrected chi connectivity index (χ3v) is 8.52. The molecule has 2 amide bonds. The molecule has 2 aliphatic carbocycles. The van der Waals surface area contributed by atoms with Crippen LogP contribution in [0.4, 0.5) is 0 Å². The Morgan fingerprint density at radius 2 is 0.955 bits per heavy atom. The van der Waals surface area contributed by atoms with Gasteiger partial charge >= 0.3 is 0 Å². The van der Waals surface area contributed by atoms with E-state index in [4.69, 9.17) is 11.5 Å². The number of hydrogen-bond donors (Lipinski definition) is 2. The number of rotatable bonds is 8. The maximum Gasteiger partial charge on any atom is 0.247 e. The zero-order chi connectivity index (χ0) is 31.8. The standard InChI is InChI=1S/C32H24N6O6/c33-17-31(29(35)39)15-23(19-7-3-1-4-8-19)27(37(41)42)25(31)21-11-13-22(14-12-21)26-28(38(43)44)24(20-9-5-2-6-10-20)16-32(26,18-34)30(36)40/h1-16,25-28H,(H2,35,39)(H2,36,40)/t25-,26?,27+,28?,31+,32?/m0/s1. The maximum absolute atomic E-state index is 12.8. The van der Waals surface area contributed by atoms with Crippen LogP contribution >= 0.6 is 0 Å². The minimum Gasteiger partial charge on any atom is -0.368 e. The first-order valence-electron chi connectivity index (χ1n) is 13.4. The van der Waals surface area contributed by atoms with E-state index >= 15 is 0 Å². The van der Waals surface area contributed by atoms with Gasteiger partial charge in [0.05, 0.1) is 24.0 Å². The Labute approximate surface area is 250 Å². The number of carbonyl (C=O) groups is 2. The lowest BCUT2D eigenvalue weighted by Crippen LogP contribution is -2.43. The highest BCUT2D eigenvalue weighted by Gasteiger charge is 2.61. The van der Waals surface area contributed by atoms with E-state index in [1.807, 2.05) is 12.1 Å². The van der Waals surface area contributed by atoms with Crippen molar-refractivity contribution in [2.24, 2.45) is 22.3 Å². The van der Waals surface area contributed by atoms with Crippen molar-refractivity contribution in [3.63, 3.8) is 0 Å². The van der Waals surface area contributed by atoms with Gasteiger partial charge in [-0.15, -0.1) is 0 Å². The number of carbonyl (C=O) groups excluding carboxylic acids is 2. The molecule has 3 unspecified atom stereocenters. The van der Waals surface area contributed by atoms with E-state index in [2.05, 4.69) is 0 Å². The quantitative estimate of drug-likeness (QED) is 0.293. The summed E-state index contributed by atoms with van der Waals surface area (Å²) < 4.78 is 0. The molecule has 0 saturated carbocycles. The van der Waals surface area contributed by atoms with Crippen molar-refractivity contribution in [1.29, 1.82) is 10.5 Å². The molecule has 5 rings (SSSR count). The average Bonchev–Trinajstić information content (AvgIpc) is 3.58. The van der Waals surface area contributed by atoms with Crippen LogP contribution in [0.3, 0.4) is 0 Å². The fourth-order valence-electron chi connectivity index (χ4n) is 6.50. The highest BCUT2D eigenvalue weighted by Crippen LogP contribution is 2.54. The van der Waals surface area contributed by atoms with Crippen LogP contribution in [-0.4, -0.2) is 33.7 Å². The van der Waals surface area contributed by atoms with Gasteiger partial charge in [-0.25, -0.2) is 0 Å². The molecule has 3 aromatic carbocycles.